The molecule has 27 heavy (non-hydrogen) atoms. The topological polar surface area (TPSA) is 50.2 Å². The van der Waals surface area contributed by atoms with Gasteiger partial charge >= 0.3 is 0 Å². The standard InChI is InChI=1S/C18H16N.C5H8O2.Ir/c1-2-6-14-7-5-9-16(13-14)18-12-11-15-8-3-4-10-17(15)19-18;1-4(6)3-5(2)7;/h3-5,7-8,10-13H,2,6H2,1H3;3,6H,1-2H3;/q-1;;/b;4-3-;. The summed E-state index contributed by atoms with van der Waals surface area (Å²) in [6.45, 7) is 5.05. The predicted molar refractivity (Wildman–Crippen MR) is 107 cm³/mol. The van der Waals surface area contributed by atoms with Crippen molar-refractivity contribution in [3.8, 4) is 11.3 Å². The molecule has 2 aromatic carbocycles. The number of carbonyl (C=O) groups is 1. The van der Waals surface area contributed by atoms with Crippen LogP contribution in [0.2, 0.25) is 0 Å². The van der Waals surface area contributed by atoms with Crippen LogP contribution in [0.4, 0.5) is 0 Å². The molecule has 0 bridgehead atoms. The Morgan fingerprint density at radius 3 is 2.52 bits per heavy atom. The summed E-state index contributed by atoms with van der Waals surface area (Å²) >= 11 is 0. The van der Waals surface area contributed by atoms with Crippen LogP contribution < -0.4 is 0 Å². The van der Waals surface area contributed by atoms with Gasteiger partial charge in [-0.05, 0) is 37.4 Å². The van der Waals surface area contributed by atoms with E-state index in [1.807, 2.05) is 18.2 Å². The first kappa shape index (κ1) is 22.7. The number of rotatable bonds is 4. The van der Waals surface area contributed by atoms with E-state index in [1.165, 1.54) is 30.9 Å². The summed E-state index contributed by atoms with van der Waals surface area (Å²) in [5, 5.41) is 9.54. The van der Waals surface area contributed by atoms with Gasteiger partial charge in [-0.1, -0.05) is 43.7 Å². The van der Waals surface area contributed by atoms with Crippen LogP contribution in [0.15, 0.2) is 66.4 Å². The van der Waals surface area contributed by atoms with Crippen LogP contribution in [-0.4, -0.2) is 15.9 Å². The molecule has 1 N–H and O–H groups in total. The van der Waals surface area contributed by atoms with E-state index in [2.05, 4.69) is 49.4 Å². The first-order valence-corrected chi connectivity index (χ1v) is 8.74. The fourth-order valence-corrected chi connectivity index (χ4v) is 2.62. The van der Waals surface area contributed by atoms with E-state index in [4.69, 9.17) is 10.1 Å². The number of aryl methyl sites for hydroxylation is 1. The van der Waals surface area contributed by atoms with Crippen molar-refractivity contribution in [2.75, 3.05) is 0 Å². The molecule has 1 aromatic heterocycles. The van der Waals surface area contributed by atoms with Crippen molar-refractivity contribution in [1.82, 2.24) is 4.98 Å². The summed E-state index contributed by atoms with van der Waals surface area (Å²) in [5.74, 6) is -0.0625. The average molecular weight is 539 g/mol. The molecule has 4 heteroatoms. The molecular formula is C23H24IrNO2-. The smallest absolute Gasteiger partial charge is 0.155 e. The van der Waals surface area contributed by atoms with Gasteiger partial charge < -0.3 is 5.11 Å². The van der Waals surface area contributed by atoms with Crippen LogP contribution in [-0.2, 0) is 31.3 Å². The van der Waals surface area contributed by atoms with E-state index in [0.29, 0.717) is 0 Å². The zero-order chi connectivity index (χ0) is 18.9. The fourth-order valence-electron chi connectivity index (χ4n) is 2.62. The van der Waals surface area contributed by atoms with Crippen LogP contribution >= 0.6 is 0 Å². The summed E-state index contributed by atoms with van der Waals surface area (Å²) < 4.78 is 0. The molecule has 0 aliphatic heterocycles. The number of allylic oxidation sites excluding steroid dienone is 2. The van der Waals surface area contributed by atoms with Gasteiger partial charge in [0.05, 0.1) is 11.3 Å². The van der Waals surface area contributed by atoms with E-state index in [1.54, 1.807) is 0 Å². The second-order valence-corrected chi connectivity index (χ2v) is 6.15. The van der Waals surface area contributed by atoms with Crippen LogP contribution in [0.1, 0.15) is 32.8 Å². The van der Waals surface area contributed by atoms with E-state index in [-0.39, 0.29) is 31.6 Å². The molecule has 0 unspecified atom stereocenters. The van der Waals surface area contributed by atoms with Crippen LogP contribution in [0, 0.1) is 6.07 Å². The maximum atomic E-state index is 10.0. The third kappa shape index (κ3) is 7.46. The van der Waals surface area contributed by atoms with Gasteiger partial charge in [0, 0.05) is 26.2 Å². The second kappa shape index (κ2) is 11.4. The molecule has 143 valence electrons. The quantitative estimate of drug-likeness (QED) is 0.264. The Hall–Kier alpha value is -2.29. The molecule has 3 aromatic rings. The molecule has 0 aliphatic rings. The number of fused-ring (bicyclic) bond motifs is 1. The van der Waals surface area contributed by atoms with Gasteiger partial charge in [0.25, 0.3) is 0 Å². The zero-order valence-corrected chi connectivity index (χ0v) is 18.2. The number of para-hydroxylation sites is 1. The molecule has 0 atom stereocenters. The van der Waals surface area contributed by atoms with Gasteiger partial charge in [-0.3, -0.25) is 9.78 Å². The Bertz CT molecular complexity index is 915. The summed E-state index contributed by atoms with van der Waals surface area (Å²) in [4.78, 5) is 14.7. The summed E-state index contributed by atoms with van der Waals surface area (Å²) in [7, 11) is 0. The van der Waals surface area contributed by atoms with E-state index < -0.39 is 0 Å². The third-order valence-corrected chi connectivity index (χ3v) is 3.69. The number of benzene rings is 2. The SMILES string of the molecule is CC(=O)/C=C(/C)O.CCCc1cc[c-]c(-c2ccc3ccccc3n2)c1.[Ir]. The average Bonchev–Trinajstić information content (AvgIpc) is 2.61. The normalized spacial score (nSPS) is 10.6. The Balaban J connectivity index is 0.000000395. The second-order valence-electron chi connectivity index (χ2n) is 6.15. The maximum Gasteiger partial charge on any atom is 0.155 e. The number of carbonyl (C=O) groups excluding carboxylic acids is 1. The van der Waals surface area contributed by atoms with Gasteiger partial charge in [0.15, 0.2) is 5.78 Å². The summed E-state index contributed by atoms with van der Waals surface area (Å²) in [6.07, 6.45) is 3.43. The molecule has 3 nitrogen and oxygen atoms in total. The van der Waals surface area contributed by atoms with Gasteiger partial charge in [-0.15, -0.1) is 35.4 Å². The maximum absolute atomic E-state index is 10.0. The van der Waals surface area contributed by atoms with E-state index >= 15 is 0 Å². The van der Waals surface area contributed by atoms with Gasteiger partial charge in [-0.25, -0.2) is 0 Å². The minimum Gasteiger partial charge on any atom is -0.512 e. The monoisotopic (exact) mass is 539 g/mol. The molecular weight excluding hydrogens is 514 g/mol. The van der Waals surface area contributed by atoms with Crippen molar-refractivity contribution < 1.29 is 30.0 Å². The van der Waals surface area contributed by atoms with Crippen molar-refractivity contribution in [1.29, 1.82) is 0 Å². The molecule has 0 amide bonds. The molecule has 1 heterocycles. The molecule has 0 spiro atoms. The number of ketones is 1. The van der Waals surface area contributed by atoms with Crippen LogP contribution in [0.5, 0.6) is 0 Å². The predicted octanol–water partition coefficient (Wildman–Crippen LogP) is 5.69. The number of aliphatic hydroxyl groups excluding tert-OH is 1. The molecule has 1 radical (unpaired) electrons. The first-order chi connectivity index (χ1) is 12.5. The van der Waals surface area contributed by atoms with Gasteiger partial charge in [0.1, 0.15) is 0 Å². The van der Waals surface area contributed by atoms with Gasteiger partial charge in [0.2, 0.25) is 0 Å². The summed E-state index contributed by atoms with van der Waals surface area (Å²) in [6, 6.07) is 22.0. The van der Waals surface area contributed by atoms with Crippen molar-refractivity contribution in [3.63, 3.8) is 0 Å². The largest absolute Gasteiger partial charge is 0.512 e. The number of aromatic nitrogens is 1. The molecule has 0 fully saturated rings. The van der Waals surface area contributed by atoms with Crippen LogP contribution in [0.3, 0.4) is 0 Å². The Labute approximate surface area is 174 Å². The van der Waals surface area contributed by atoms with Crippen molar-refractivity contribution in [2.24, 2.45) is 0 Å². The van der Waals surface area contributed by atoms with Gasteiger partial charge in [-0.2, -0.15) is 0 Å². The number of hydrogen-bond donors (Lipinski definition) is 1. The Morgan fingerprint density at radius 2 is 1.89 bits per heavy atom. The number of hydrogen-bond acceptors (Lipinski definition) is 3. The number of pyridine rings is 1. The molecule has 0 saturated heterocycles. The first-order valence-electron chi connectivity index (χ1n) is 8.74. The third-order valence-electron chi connectivity index (χ3n) is 3.69. The van der Waals surface area contributed by atoms with E-state index in [0.717, 1.165) is 29.6 Å². The fraction of sp³-hybridized carbons (Fsp3) is 0.217. The summed E-state index contributed by atoms with van der Waals surface area (Å²) in [5.41, 5.74) is 4.47. The zero-order valence-electron chi connectivity index (χ0n) is 15.8. The molecule has 0 aliphatic carbocycles. The number of aliphatic hydroxyl groups is 1. The van der Waals surface area contributed by atoms with Crippen molar-refractivity contribution in [2.45, 2.75) is 33.6 Å². The minimum atomic E-state index is -0.125. The van der Waals surface area contributed by atoms with Crippen molar-refractivity contribution in [3.05, 3.63) is 78.1 Å². The minimum absolute atomic E-state index is 0. The van der Waals surface area contributed by atoms with E-state index in [9.17, 15) is 4.79 Å². The Morgan fingerprint density at radius 1 is 1.15 bits per heavy atom. The molecule has 3 rings (SSSR count). The van der Waals surface area contributed by atoms with Crippen LogP contribution in [0.25, 0.3) is 22.2 Å². The Kier molecular flexibility index (Phi) is 9.63. The molecule has 0 saturated carbocycles. The number of nitrogens with zero attached hydrogens (tertiary/aromatic N) is 1. The van der Waals surface area contributed by atoms with Crippen molar-refractivity contribution >= 4 is 16.7 Å².